The number of benzene rings is 1. The lowest BCUT2D eigenvalue weighted by atomic mass is 10.0. The van der Waals surface area contributed by atoms with Gasteiger partial charge in [-0.05, 0) is 31.4 Å². The van der Waals surface area contributed by atoms with Crippen molar-refractivity contribution < 1.29 is 0 Å². The number of hydrogen-bond acceptors (Lipinski definition) is 2. The molecule has 1 aromatic heterocycles. The molecule has 2 rings (SSSR count). The molecule has 0 bridgehead atoms. The number of aromatic amines is 1. The molecule has 0 amide bonds. The summed E-state index contributed by atoms with van der Waals surface area (Å²) in [5.74, 6) is 0. The maximum Gasteiger partial charge on any atom is 0.267 e. The van der Waals surface area contributed by atoms with Gasteiger partial charge in [0.2, 0.25) is 0 Å². The molecule has 0 spiro atoms. The Morgan fingerprint density at radius 3 is 2.35 bits per heavy atom. The molecule has 1 heterocycles. The maximum atomic E-state index is 11.4. The number of H-pyrrole nitrogens is 1. The number of rotatable bonds is 2. The van der Waals surface area contributed by atoms with Crippen LogP contribution in [0.5, 0.6) is 0 Å². The number of nitrogens with one attached hydrogen (secondary N) is 1. The van der Waals surface area contributed by atoms with Crippen molar-refractivity contribution >= 4 is 0 Å². The van der Waals surface area contributed by atoms with Gasteiger partial charge in [0, 0.05) is 11.1 Å². The number of hydrogen-bond donors (Lipinski definition) is 1. The summed E-state index contributed by atoms with van der Waals surface area (Å²) in [5, 5.41) is 6.66. The zero-order valence-corrected chi connectivity index (χ0v) is 10.4. The monoisotopic (exact) mass is 228 g/mol. The van der Waals surface area contributed by atoms with Gasteiger partial charge in [-0.2, -0.15) is 5.10 Å². The van der Waals surface area contributed by atoms with Crippen LogP contribution in [0.15, 0.2) is 29.1 Å². The minimum absolute atomic E-state index is 0.114. The van der Waals surface area contributed by atoms with Crippen LogP contribution >= 0.6 is 0 Å². The first-order valence-electron chi connectivity index (χ1n) is 5.78. The van der Waals surface area contributed by atoms with Gasteiger partial charge in [0.25, 0.3) is 5.56 Å². The molecule has 3 nitrogen and oxygen atoms in total. The molecule has 0 aliphatic carbocycles. The predicted molar refractivity (Wildman–Crippen MR) is 69.1 cm³/mol. The fourth-order valence-corrected chi connectivity index (χ4v) is 1.80. The summed E-state index contributed by atoms with van der Waals surface area (Å²) in [6, 6.07) is 8.28. The molecule has 88 valence electrons. The van der Waals surface area contributed by atoms with Gasteiger partial charge in [0.1, 0.15) is 0 Å². The van der Waals surface area contributed by atoms with Crippen LogP contribution in [0.2, 0.25) is 0 Å². The average Bonchev–Trinajstić information content (AvgIpc) is 2.36. The van der Waals surface area contributed by atoms with E-state index in [1.165, 1.54) is 5.56 Å². The summed E-state index contributed by atoms with van der Waals surface area (Å²) in [6.07, 6.45) is 1.03. The zero-order valence-electron chi connectivity index (χ0n) is 10.4. The quantitative estimate of drug-likeness (QED) is 0.858. The highest BCUT2D eigenvalue weighted by molar-refractivity contribution is 5.63. The van der Waals surface area contributed by atoms with Crippen molar-refractivity contribution in [2.75, 3.05) is 0 Å². The van der Waals surface area contributed by atoms with Crippen molar-refractivity contribution in [3.63, 3.8) is 0 Å². The highest BCUT2D eigenvalue weighted by atomic mass is 16.1. The van der Waals surface area contributed by atoms with Crippen LogP contribution in [0.1, 0.15) is 23.6 Å². The molecule has 0 aliphatic rings. The van der Waals surface area contributed by atoms with Crippen LogP contribution in [0.3, 0.4) is 0 Å². The van der Waals surface area contributed by atoms with Crippen LogP contribution in [0, 0.1) is 13.8 Å². The summed E-state index contributed by atoms with van der Waals surface area (Å²) >= 11 is 0. The first-order chi connectivity index (χ1) is 8.13. The van der Waals surface area contributed by atoms with Crippen molar-refractivity contribution in [3.05, 3.63) is 51.3 Å². The third-order valence-electron chi connectivity index (χ3n) is 3.16. The normalized spacial score (nSPS) is 10.5. The van der Waals surface area contributed by atoms with Gasteiger partial charge in [0.05, 0.1) is 5.69 Å². The van der Waals surface area contributed by atoms with E-state index in [0.29, 0.717) is 0 Å². The highest BCUT2D eigenvalue weighted by Crippen LogP contribution is 2.21. The third kappa shape index (κ3) is 2.13. The minimum Gasteiger partial charge on any atom is -0.268 e. The largest absolute Gasteiger partial charge is 0.268 e. The van der Waals surface area contributed by atoms with E-state index < -0.39 is 0 Å². The second-order valence-electron chi connectivity index (χ2n) is 4.20. The Labute approximate surface area is 101 Å². The first-order valence-corrected chi connectivity index (χ1v) is 5.78. The SMILES string of the molecule is CCc1ccc(-c2n[nH]c(=O)c(C)c2C)cc1. The molecular weight excluding hydrogens is 212 g/mol. The fraction of sp³-hybridized carbons (Fsp3) is 0.286. The summed E-state index contributed by atoms with van der Waals surface area (Å²) in [5.41, 5.74) is 4.75. The van der Waals surface area contributed by atoms with E-state index in [1.54, 1.807) is 0 Å². The standard InChI is InChI=1S/C14H16N2O/c1-4-11-5-7-12(8-6-11)13-9(2)10(3)14(17)16-15-13/h5-8H,4H2,1-3H3,(H,16,17). The number of aromatic nitrogens is 2. The van der Waals surface area contributed by atoms with Crippen LogP contribution in [-0.4, -0.2) is 10.2 Å². The van der Waals surface area contributed by atoms with Crippen molar-refractivity contribution in [3.8, 4) is 11.3 Å². The summed E-state index contributed by atoms with van der Waals surface area (Å²) in [4.78, 5) is 11.4. The molecule has 0 aliphatic heterocycles. The molecule has 0 fully saturated rings. The smallest absolute Gasteiger partial charge is 0.267 e. The molecule has 0 atom stereocenters. The predicted octanol–water partition coefficient (Wildman–Crippen LogP) is 2.62. The Hall–Kier alpha value is -1.90. The molecule has 0 saturated heterocycles. The van der Waals surface area contributed by atoms with Gasteiger partial charge < -0.3 is 0 Å². The van der Waals surface area contributed by atoms with Gasteiger partial charge >= 0.3 is 0 Å². The Morgan fingerprint density at radius 2 is 1.76 bits per heavy atom. The third-order valence-corrected chi connectivity index (χ3v) is 3.16. The highest BCUT2D eigenvalue weighted by Gasteiger charge is 2.08. The van der Waals surface area contributed by atoms with Crippen molar-refractivity contribution in [2.24, 2.45) is 0 Å². The average molecular weight is 228 g/mol. The minimum atomic E-state index is -0.114. The Kier molecular flexibility index (Phi) is 3.09. The van der Waals surface area contributed by atoms with E-state index in [2.05, 4.69) is 29.3 Å². The van der Waals surface area contributed by atoms with Crippen molar-refractivity contribution in [1.82, 2.24) is 10.2 Å². The second kappa shape index (κ2) is 4.53. The van der Waals surface area contributed by atoms with Gasteiger partial charge in [-0.1, -0.05) is 31.2 Å². The van der Waals surface area contributed by atoms with E-state index in [0.717, 1.165) is 28.8 Å². The lowest BCUT2D eigenvalue weighted by Crippen LogP contribution is -2.14. The van der Waals surface area contributed by atoms with Crippen LogP contribution in [-0.2, 0) is 6.42 Å². The first kappa shape index (κ1) is 11.6. The lowest BCUT2D eigenvalue weighted by molar-refractivity contribution is 0.958. The molecular formula is C14H16N2O. The molecule has 1 N–H and O–H groups in total. The molecule has 17 heavy (non-hydrogen) atoms. The van der Waals surface area contributed by atoms with Gasteiger partial charge in [-0.15, -0.1) is 0 Å². The maximum absolute atomic E-state index is 11.4. The molecule has 0 unspecified atom stereocenters. The van der Waals surface area contributed by atoms with Crippen LogP contribution < -0.4 is 5.56 Å². The Bertz CT molecular complexity index is 582. The molecule has 0 radical (unpaired) electrons. The van der Waals surface area contributed by atoms with E-state index in [1.807, 2.05) is 26.0 Å². The molecule has 0 saturated carbocycles. The molecule has 1 aromatic carbocycles. The summed E-state index contributed by atoms with van der Waals surface area (Å²) in [6.45, 7) is 5.88. The lowest BCUT2D eigenvalue weighted by Gasteiger charge is -2.07. The van der Waals surface area contributed by atoms with Crippen molar-refractivity contribution in [1.29, 1.82) is 0 Å². The van der Waals surface area contributed by atoms with Crippen LogP contribution in [0.25, 0.3) is 11.3 Å². The van der Waals surface area contributed by atoms with E-state index in [9.17, 15) is 4.79 Å². The van der Waals surface area contributed by atoms with Crippen molar-refractivity contribution in [2.45, 2.75) is 27.2 Å². The Balaban J connectivity index is 2.53. The Morgan fingerprint density at radius 1 is 1.12 bits per heavy atom. The number of aryl methyl sites for hydroxylation is 1. The summed E-state index contributed by atoms with van der Waals surface area (Å²) in [7, 11) is 0. The summed E-state index contributed by atoms with van der Waals surface area (Å²) < 4.78 is 0. The second-order valence-corrected chi connectivity index (χ2v) is 4.20. The van der Waals surface area contributed by atoms with Gasteiger partial charge in [0.15, 0.2) is 0 Å². The molecule has 3 heteroatoms. The van der Waals surface area contributed by atoms with E-state index in [4.69, 9.17) is 0 Å². The topological polar surface area (TPSA) is 45.8 Å². The van der Waals surface area contributed by atoms with E-state index in [-0.39, 0.29) is 5.56 Å². The van der Waals surface area contributed by atoms with Gasteiger partial charge in [-0.3, -0.25) is 4.79 Å². The molecule has 2 aromatic rings. The van der Waals surface area contributed by atoms with Crippen LogP contribution in [0.4, 0.5) is 0 Å². The van der Waals surface area contributed by atoms with Gasteiger partial charge in [-0.25, -0.2) is 5.10 Å². The number of nitrogens with zero attached hydrogens (tertiary/aromatic N) is 1. The van der Waals surface area contributed by atoms with E-state index >= 15 is 0 Å². The fourth-order valence-electron chi connectivity index (χ4n) is 1.80. The zero-order chi connectivity index (χ0) is 12.4.